The monoisotopic (exact) mass is 507 g/mol. The summed E-state index contributed by atoms with van der Waals surface area (Å²) in [5.74, 6) is -0.0508. The van der Waals surface area contributed by atoms with Crippen molar-refractivity contribution in [1.29, 1.82) is 0 Å². The zero-order chi connectivity index (χ0) is 25.2. The third-order valence-corrected chi connectivity index (χ3v) is 9.90. The zero-order valence-corrected chi connectivity index (χ0v) is 22.2. The molecule has 5 atom stereocenters. The Hall–Kier alpha value is -1.55. The first-order valence-corrected chi connectivity index (χ1v) is 14.0. The summed E-state index contributed by atoms with van der Waals surface area (Å²) in [6, 6.07) is 0. The Kier molecular flexibility index (Phi) is 8.20. The fourth-order valence-corrected chi connectivity index (χ4v) is 7.62. The number of aromatic nitrogens is 1. The van der Waals surface area contributed by atoms with Crippen LogP contribution in [-0.4, -0.2) is 70.9 Å². The van der Waals surface area contributed by atoms with Gasteiger partial charge in [0.25, 0.3) is 0 Å². The molecule has 4 rings (SSSR count). The molecule has 1 saturated carbocycles. The number of hydrogen-bond acceptors (Lipinski definition) is 7. The van der Waals surface area contributed by atoms with Gasteiger partial charge in [0.15, 0.2) is 5.13 Å². The zero-order valence-electron chi connectivity index (χ0n) is 21.3. The molecule has 3 aliphatic rings. The van der Waals surface area contributed by atoms with Crippen molar-refractivity contribution in [2.45, 2.75) is 84.2 Å². The van der Waals surface area contributed by atoms with Gasteiger partial charge in [-0.25, -0.2) is 4.98 Å². The topological polar surface area (TPSA) is 112 Å². The number of carbonyl (C=O) groups is 2. The van der Waals surface area contributed by atoms with Crippen LogP contribution in [0.15, 0.2) is 0 Å². The summed E-state index contributed by atoms with van der Waals surface area (Å²) in [6.07, 6.45) is 5.22. The highest BCUT2D eigenvalue weighted by molar-refractivity contribution is 7.15. The first-order chi connectivity index (χ1) is 16.7. The van der Waals surface area contributed by atoms with Crippen LogP contribution < -0.4 is 5.32 Å². The summed E-state index contributed by atoms with van der Waals surface area (Å²) in [4.78, 5) is 33.7. The van der Waals surface area contributed by atoms with Crippen molar-refractivity contribution >= 4 is 28.3 Å². The lowest BCUT2D eigenvalue weighted by molar-refractivity contribution is -0.149. The largest absolute Gasteiger partial charge is 0.396 e. The highest BCUT2D eigenvalue weighted by Gasteiger charge is 2.59. The molecular formula is C26H41N3O5S. The van der Waals surface area contributed by atoms with Crippen LogP contribution in [-0.2, 0) is 20.7 Å². The number of aliphatic hydroxyl groups excluding tert-OH is 2. The molecule has 2 fully saturated rings. The van der Waals surface area contributed by atoms with E-state index in [-0.39, 0.29) is 35.7 Å². The molecular weight excluding hydrogens is 466 g/mol. The van der Waals surface area contributed by atoms with Crippen molar-refractivity contribution in [1.82, 2.24) is 9.88 Å². The second-order valence-electron chi connectivity index (χ2n) is 11.1. The van der Waals surface area contributed by atoms with Crippen molar-refractivity contribution in [2.75, 3.05) is 38.2 Å². The number of nitrogens with one attached hydrogen (secondary N) is 1. The van der Waals surface area contributed by atoms with E-state index in [4.69, 9.17) is 9.72 Å². The van der Waals surface area contributed by atoms with E-state index < -0.39 is 11.5 Å². The number of hydrogen-bond donors (Lipinski definition) is 3. The SMILES string of the molecule is CCCCCC(=O)Nc1nc2c(s1)C[C@H]1[C@](C)(CO)[C@H](O)CC[C@@]1(C)[C@@H]2CC(=O)N1CCOCC1. The summed E-state index contributed by atoms with van der Waals surface area (Å²) in [5.41, 5.74) is -0.0309. The van der Waals surface area contributed by atoms with Crippen molar-refractivity contribution < 1.29 is 24.5 Å². The third kappa shape index (κ3) is 5.15. The standard InChI is InChI=1S/C26H41N3O5S/c1-4-5-6-7-21(32)27-24-28-23-17(14-22(33)29-10-12-34-13-11-29)25(2)9-8-20(31)26(3,16-30)19(25)15-18(23)35-24/h17,19-20,30-31H,4-16H2,1-3H3,(H,27,28,32)/t17-,19-,20-,25+,26+/m1/s1. The third-order valence-electron chi connectivity index (χ3n) is 8.89. The number of carbonyl (C=O) groups excluding carboxylic acids is 2. The molecule has 1 saturated heterocycles. The quantitative estimate of drug-likeness (QED) is 0.466. The van der Waals surface area contributed by atoms with Crippen LogP contribution in [0, 0.1) is 16.7 Å². The number of nitrogens with zero attached hydrogens (tertiary/aromatic N) is 2. The fraction of sp³-hybridized carbons (Fsp3) is 0.808. The van der Waals surface area contributed by atoms with Crippen LogP contribution in [0.5, 0.6) is 0 Å². The average molecular weight is 508 g/mol. The summed E-state index contributed by atoms with van der Waals surface area (Å²) in [6.45, 7) is 8.50. The van der Waals surface area contributed by atoms with Crippen molar-refractivity contribution in [3.8, 4) is 0 Å². The van der Waals surface area contributed by atoms with Crippen LogP contribution in [0.3, 0.4) is 0 Å². The number of anilines is 1. The van der Waals surface area contributed by atoms with Gasteiger partial charge in [0, 0.05) is 42.1 Å². The van der Waals surface area contributed by atoms with Crippen LogP contribution in [0.1, 0.15) is 82.2 Å². The van der Waals surface area contributed by atoms with E-state index >= 15 is 0 Å². The highest BCUT2D eigenvalue weighted by Crippen LogP contribution is 2.62. The number of amides is 2. The Morgan fingerprint density at radius 2 is 2.00 bits per heavy atom. The molecule has 1 aromatic rings. The van der Waals surface area contributed by atoms with E-state index in [1.807, 2.05) is 11.8 Å². The minimum atomic E-state index is -0.654. The van der Waals surface area contributed by atoms with E-state index in [9.17, 15) is 19.8 Å². The Bertz CT molecular complexity index is 917. The minimum absolute atomic E-state index is 0.00675. The van der Waals surface area contributed by atoms with Gasteiger partial charge >= 0.3 is 0 Å². The van der Waals surface area contributed by atoms with Crippen LogP contribution in [0.25, 0.3) is 0 Å². The summed E-state index contributed by atoms with van der Waals surface area (Å²) < 4.78 is 5.43. The lowest BCUT2D eigenvalue weighted by atomic mass is 9.47. The number of unbranched alkanes of at least 4 members (excludes halogenated alkanes) is 2. The van der Waals surface area contributed by atoms with Gasteiger partial charge in [0.05, 0.1) is 31.6 Å². The van der Waals surface area contributed by atoms with Gasteiger partial charge in [-0.1, -0.05) is 33.6 Å². The fourth-order valence-electron chi connectivity index (χ4n) is 6.53. The predicted octanol–water partition coefficient (Wildman–Crippen LogP) is 3.33. The predicted molar refractivity (Wildman–Crippen MR) is 135 cm³/mol. The van der Waals surface area contributed by atoms with Crippen LogP contribution in [0.2, 0.25) is 0 Å². The molecule has 0 spiro atoms. The second-order valence-corrected chi connectivity index (χ2v) is 12.1. The molecule has 0 bridgehead atoms. The van der Waals surface area contributed by atoms with Gasteiger partial charge in [0.1, 0.15) is 0 Å². The summed E-state index contributed by atoms with van der Waals surface area (Å²) in [7, 11) is 0. The molecule has 0 aromatic carbocycles. The molecule has 9 heteroatoms. The molecule has 1 aliphatic heterocycles. The number of fused-ring (bicyclic) bond motifs is 2. The summed E-state index contributed by atoms with van der Waals surface area (Å²) in [5, 5.41) is 24.9. The maximum Gasteiger partial charge on any atom is 0.226 e. The Labute approximate surface area is 212 Å². The molecule has 0 unspecified atom stereocenters. The molecule has 1 aromatic heterocycles. The lowest BCUT2D eigenvalue weighted by Crippen LogP contribution is -2.58. The Morgan fingerprint density at radius 3 is 2.69 bits per heavy atom. The number of ether oxygens (including phenoxy) is 1. The maximum absolute atomic E-state index is 13.4. The first kappa shape index (κ1) is 26.5. The highest BCUT2D eigenvalue weighted by atomic mass is 32.1. The molecule has 2 aliphatic carbocycles. The molecule has 196 valence electrons. The normalized spacial score (nSPS) is 32.6. The summed E-state index contributed by atoms with van der Waals surface area (Å²) >= 11 is 1.48. The van der Waals surface area contributed by atoms with Gasteiger partial charge in [-0.05, 0) is 37.0 Å². The molecule has 8 nitrogen and oxygen atoms in total. The van der Waals surface area contributed by atoms with Crippen LogP contribution in [0.4, 0.5) is 5.13 Å². The molecule has 3 N–H and O–H groups in total. The number of morpholine rings is 1. The Balaban J connectivity index is 1.65. The van der Waals surface area contributed by atoms with Gasteiger partial charge < -0.3 is 25.2 Å². The van der Waals surface area contributed by atoms with Crippen molar-refractivity contribution in [3.05, 3.63) is 10.6 Å². The van der Waals surface area contributed by atoms with E-state index in [0.717, 1.165) is 36.3 Å². The minimum Gasteiger partial charge on any atom is -0.396 e. The number of thiazole rings is 1. The van der Waals surface area contributed by atoms with Crippen molar-refractivity contribution in [2.24, 2.45) is 16.7 Å². The molecule has 2 amide bonds. The van der Waals surface area contributed by atoms with E-state index in [0.29, 0.717) is 57.1 Å². The van der Waals surface area contributed by atoms with Crippen molar-refractivity contribution in [3.63, 3.8) is 0 Å². The first-order valence-electron chi connectivity index (χ1n) is 13.2. The molecule has 2 heterocycles. The number of rotatable bonds is 8. The van der Waals surface area contributed by atoms with Gasteiger partial charge in [-0.15, -0.1) is 11.3 Å². The Morgan fingerprint density at radius 1 is 1.26 bits per heavy atom. The van der Waals surface area contributed by atoms with Gasteiger partial charge in [-0.3, -0.25) is 9.59 Å². The van der Waals surface area contributed by atoms with E-state index in [2.05, 4.69) is 19.2 Å². The van der Waals surface area contributed by atoms with E-state index in [1.54, 1.807) is 0 Å². The average Bonchev–Trinajstić information content (AvgIpc) is 3.25. The number of aliphatic hydroxyl groups is 2. The second kappa shape index (κ2) is 10.8. The molecule has 0 radical (unpaired) electrons. The van der Waals surface area contributed by atoms with Crippen LogP contribution >= 0.6 is 11.3 Å². The molecule has 35 heavy (non-hydrogen) atoms. The van der Waals surface area contributed by atoms with Gasteiger partial charge in [-0.2, -0.15) is 0 Å². The lowest BCUT2D eigenvalue weighted by Gasteiger charge is -2.58. The smallest absolute Gasteiger partial charge is 0.226 e. The van der Waals surface area contributed by atoms with E-state index in [1.165, 1.54) is 11.3 Å². The van der Waals surface area contributed by atoms with Gasteiger partial charge in [0.2, 0.25) is 11.8 Å². The maximum atomic E-state index is 13.4.